The molecule has 2 rings (SSSR count). The molecule has 19 heavy (non-hydrogen) atoms. The first-order valence-electron chi connectivity index (χ1n) is 6.33. The number of nitrogens with one attached hydrogen (secondary N) is 1. The lowest BCUT2D eigenvalue weighted by atomic mass is 10.3. The van der Waals surface area contributed by atoms with Gasteiger partial charge in [-0.25, -0.2) is 0 Å². The van der Waals surface area contributed by atoms with Gasteiger partial charge in [0.15, 0.2) is 0 Å². The molecule has 0 bridgehead atoms. The van der Waals surface area contributed by atoms with Crippen molar-refractivity contribution in [1.29, 1.82) is 0 Å². The Kier molecular flexibility index (Phi) is 5.57. The highest BCUT2D eigenvalue weighted by molar-refractivity contribution is 7.10. The molecule has 0 saturated carbocycles. The van der Waals surface area contributed by atoms with Crippen molar-refractivity contribution in [3.63, 3.8) is 0 Å². The molecule has 0 aliphatic heterocycles. The lowest BCUT2D eigenvalue weighted by molar-refractivity contribution is -0.131. The van der Waals surface area contributed by atoms with Gasteiger partial charge < -0.3 is 10.2 Å². The number of hydrogen-bond donors (Lipinski definition) is 1. The van der Waals surface area contributed by atoms with Crippen LogP contribution in [0.1, 0.15) is 16.7 Å². The number of likely N-dealkylation sites (N-methyl/N-ethyl adjacent to an activating group) is 1. The van der Waals surface area contributed by atoms with Gasteiger partial charge in [0.05, 0.1) is 19.6 Å². The first-order chi connectivity index (χ1) is 9.29. The molecular formula is C14H18N2OS2. The zero-order valence-electron chi connectivity index (χ0n) is 11.0. The summed E-state index contributed by atoms with van der Waals surface area (Å²) in [4.78, 5) is 16.6. The molecule has 0 aromatic carbocycles. The summed E-state index contributed by atoms with van der Waals surface area (Å²) in [6, 6.07) is 8.20. The van der Waals surface area contributed by atoms with Gasteiger partial charge in [-0.15, -0.1) is 22.7 Å². The van der Waals surface area contributed by atoms with Crippen LogP contribution in [0.15, 0.2) is 35.0 Å². The highest BCUT2D eigenvalue weighted by atomic mass is 32.1. The molecule has 1 N–H and O–H groups in total. The zero-order valence-corrected chi connectivity index (χ0v) is 12.6. The SMILES string of the molecule is CCNCC(=O)N(Cc1cccs1)Cc1cccs1. The third-order valence-corrected chi connectivity index (χ3v) is 4.45. The number of hydrogen-bond acceptors (Lipinski definition) is 4. The van der Waals surface area contributed by atoms with E-state index in [0.29, 0.717) is 19.6 Å². The summed E-state index contributed by atoms with van der Waals surface area (Å²) in [7, 11) is 0. The number of carbonyl (C=O) groups is 1. The average molecular weight is 294 g/mol. The van der Waals surface area contributed by atoms with Crippen molar-refractivity contribution in [1.82, 2.24) is 10.2 Å². The Morgan fingerprint density at radius 1 is 1.16 bits per heavy atom. The second-order valence-corrected chi connectivity index (χ2v) is 6.25. The van der Waals surface area contributed by atoms with Crippen molar-refractivity contribution in [3.05, 3.63) is 44.8 Å². The van der Waals surface area contributed by atoms with Crippen LogP contribution in [0.2, 0.25) is 0 Å². The summed E-state index contributed by atoms with van der Waals surface area (Å²) in [5.41, 5.74) is 0. The molecule has 2 heterocycles. The maximum Gasteiger partial charge on any atom is 0.237 e. The topological polar surface area (TPSA) is 32.3 Å². The number of thiophene rings is 2. The first kappa shape index (κ1) is 14.2. The molecule has 0 spiro atoms. The maximum atomic E-state index is 12.2. The predicted octanol–water partition coefficient (Wildman–Crippen LogP) is 2.95. The summed E-state index contributed by atoms with van der Waals surface area (Å²) >= 11 is 3.39. The number of nitrogens with zero attached hydrogens (tertiary/aromatic N) is 1. The number of rotatable bonds is 7. The maximum absolute atomic E-state index is 12.2. The lowest BCUT2D eigenvalue weighted by Crippen LogP contribution is -2.37. The third kappa shape index (κ3) is 4.45. The van der Waals surface area contributed by atoms with Gasteiger partial charge in [0.2, 0.25) is 5.91 Å². The monoisotopic (exact) mass is 294 g/mol. The zero-order chi connectivity index (χ0) is 13.5. The molecule has 5 heteroatoms. The minimum Gasteiger partial charge on any atom is -0.331 e. The summed E-state index contributed by atoms with van der Waals surface area (Å²) in [6.07, 6.45) is 0. The molecule has 0 atom stereocenters. The fourth-order valence-electron chi connectivity index (χ4n) is 1.76. The van der Waals surface area contributed by atoms with Crippen molar-refractivity contribution in [3.8, 4) is 0 Å². The van der Waals surface area contributed by atoms with Crippen LogP contribution in [-0.4, -0.2) is 23.9 Å². The smallest absolute Gasteiger partial charge is 0.237 e. The molecule has 1 amide bonds. The number of amides is 1. The molecule has 2 aromatic rings. The summed E-state index contributed by atoms with van der Waals surface area (Å²) in [5.74, 6) is 0.156. The molecule has 0 saturated heterocycles. The fourth-order valence-corrected chi connectivity index (χ4v) is 3.20. The normalized spacial score (nSPS) is 10.6. The largest absolute Gasteiger partial charge is 0.331 e. The van der Waals surface area contributed by atoms with Gasteiger partial charge in [-0.05, 0) is 29.4 Å². The Morgan fingerprint density at radius 3 is 2.16 bits per heavy atom. The van der Waals surface area contributed by atoms with E-state index in [-0.39, 0.29) is 5.91 Å². The quantitative estimate of drug-likeness (QED) is 0.851. The van der Waals surface area contributed by atoms with Crippen LogP contribution in [0.5, 0.6) is 0 Å². The van der Waals surface area contributed by atoms with E-state index < -0.39 is 0 Å². The van der Waals surface area contributed by atoms with E-state index in [1.807, 2.05) is 34.7 Å². The van der Waals surface area contributed by atoms with Gasteiger partial charge >= 0.3 is 0 Å². The van der Waals surface area contributed by atoms with Gasteiger partial charge in [0.1, 0.15) is 0 Å². The first-order valence-corrected chi connectivity index (χ1v) is 8.08. The fraction of sp³-hybridized carbons (Fsp3) is 0.357. The highest BCUT2D eigenvalue weighted by Gasteiger charge is 2.14. The van der Waals surface area contributed by atoms with E-state index in [9.17, 15) is 4.79 Å². The summed E-state index contributed by atoms with van der Waals surface area (Å²) < 4.78 is 0. The van der Waals surface area contributed by atoms with Gasteiger partial charge in [0, 0.05) is 9.75 Å². The van der Waals surface area contributed by atoms with E-state index in [4.69, 9.17) is 0 Å². The lowest BCUT2D eigenvalue weighted by Gasteiger charge is -2.21. The summed E-state index contributed by atoms with van der Waals surface area (Å²) in [5, 5.41) is 7.20. The Morgan fingerprint density at radius 2 is 1.74 bits per heavy atom. The summed E-state index contributed by atoms with van der Waals surface area (Å²) in [6.45, 7) is 4.63. The minimum absolute atomic E-state index is 0.156. The van der Waals surface area contributed by atoms with Crippen LogP contribution in [0.4, 0.5) is 0 Å². The molecule has 0 radical (unpaired) electrons. The van der Waals surface area contributed by atoms with Crippen LogP contribution in [0, 0.1) is 0 Å². The standard InChI is InChI=1S/C14H18N2OS2/c1-2-15-9-14(17)16(10-12-5-3-7-18-12)11-13-6-4-8-19-13/h3-8,15H,2,9-11H2,1H3. The molecular weight excluding hydrogens is 276 g/mol. The van der Waals surface area contributed by atoms with Crippen molar-refractivity contribution < 1.29 is 4.79 Å². The molecule has 0 fully saturated rings. The third-order valence-electron chi connectivity index (χ3n) is 2.73. The second kappa shape index (κ2) is 7.43. The van der Waals surface area contributed by atoms with Crippen molar-refractivity contribution >= 4 is 28.6 Å². The Balaban J connectivity index is 2.01. The van der Waals surface area contributed by atoms with Crippen LogP contribution in [0.3, 0.4) is 0 Å². The molecule has 0 aliphatic carbocycles. The molecule has 0 aliphatic rings. The molecule has 2 aromatic heterocycles. The van der Waals surface area contributed by atoms with E-state index in [1.165, 1.54) is 9.75 Å². The van der Waals surface area contributed by atoms with Crippen molar-refractivity contribution in [2.75, 3.05) is 13.1 Å². The van der Waals surface area contributed by atoms with Crippen LogP contribution in [0.25, 0.3) is 0 Å². The van der Waals surface area contributed by atoms with Gasteiger partial charge in [-0.2, -0.15) is 0 Å². The van der Waals surface area contributed by atoms with Crippen molar-refractivity contribution in [2.24, 2.45) is 0 Å². The Bertz CT molecular complexity index is 443. The van der Waals surface area contributed by atoms with Crippen LogP contribution in [-0.2, 0) is 17.9 Å². The average Bonchev–Trinajstić information content (AvgIpc) is 3.08. The van der Waals surface area contributed by atoms with Crippen LogP contribution >= 0.6 is 22.7 Å². The van der Waals surface area contributed by atoms with Crippen LogP contribution < -0.4 is 5.32 Å². The predicted molar refractivity (Wildman–Crippen MR) is 81.4 cm³/mol. The van der Waals surface area contributed by atoms with E-state index >= 15 is 0 Å². The van der Waals surface area contributed by atoms with E-state index in [1.54, 1.807) is 22.7 Å². The van der Waals surface area contributed by atoms with Gasteiger partial charge in [-0.3, -0.25) is 4.79 Å². The Hall–Kier alpha value is -1.17. The Labute approximate surface area is 121 Å². The molecule has 102 valence electrons. The van der Waals surface area contributed by atoms with Gasteiger partial charge in [0.25, 0.3) is 0 Å². The van der Waals surface area contributed by atoms with E-state index in [2.05, 4.69) is 17.4 Å². The second-order valence-electron chi connectivity index (χ2n) is 4.19. The minimum atomic E-state index is 0.156. The van der Waals surface area contributed by atoms with E-state index in [0.717, 1.165) is 6.54 Å². The molecule has 0 unspecified atom stereocenters. The molecule has 3 nitrogen and oxygen atoms in total. The van der Waals surface area contributed by atoms with Crippen molar-refractivity contribution in [2.45, 2.75) is 20.0 Å². The van der Waals surface area contributed by atoms with Gasteiger partial charge in [-0.1, -0.05) is 19.1 Å². The highest BCUT2D eigenvalue weighted by Crippen LogP contribution is 2.17. The number of carbonyl (C=O) groups excluding carboxylic acids is 1.